The van der Waals surface area contributed by atoms with Crippen molar-refractivity contribution in [3.63, 3.8) is 0 Å². The summed E-state index contributed by atoms with van der Waals surface area (Å²) in [6.07, 6.45) is 3.25. The number of nitrogens with one attached hydrogen (secondary N) is 2. The van der Waals surface area contributed by atoms with Crippen LogP contribution in [0.2, 0.25) is 0 Å². The lowest BCUT2D eigenvalue weighted by atomic mass is 10.2. The van der Waals surface area contributed by atoms with Gasteiger partial charge in [0.2, 0.25) is 10.0 Å². The number of hydrogen-bond acceptors (Lipinski definition) is 5. The van der Waals surface area contributed by atoms with Crippen molar-refractivity contribution in [3.05, 3.63) is 53.5 Å². The van der Waals surface area contributed by atoms with Crippen molar-refractivity contribution < 1.29 is 22.4 Å². The van der Waals surface area contributed by atoms with Gasteiger partial charge in [-0.05, 0) is 43.5 Å². The van der Waals surface area contributed by atoms with E-state index < -0.39 is 10.0 Å². The molecule has 1 saturated heterocycles. The van der Waals surface area contributed by atoms with E-state index >= 15 is 0 Å². The first-order valence-electron chi connectivity index (χ1n) is 8.48. The molecule has 8 heteroatoms. The Hall–Kier alpha value is -2.16. The number of carbonyl (C=O) groups excluding carboxylic acids is 1. The fraction of sp³-hybridized carbons (Fsp3) is 0.389. The van der Waals surface area contributed by atoms with E-state index in [1.165, 1.54) is 18.4 Å². The number of rotatable bonds is 7. The van der Waals surface area contributed by atoms with Gasteiger partial charge in [0.15, 0.2) is 5.76 Å². The minimum atomic E-state index is -3.57. The standard InChI is InChI=1S/C18H22N2O5S/c1-13-8-10-25-17(13)18(21)19-11-14-4-6-16(7-5-14)26(22,23)20-12-15-3-2-9-24-15/h4-8,10,15,20H,2-3,9,11-12H2,1H3,(H,19,21)/t15-/m1/s1. The molecular weight excluding hydrogens is 356 g/mol. The lowest BCUT2D eigenvalue weighted by Crippen LogP contribution is -2.31. The third-order valence-corrected chi connectivity index (χ3v) is 5.72. The second-order valence-electron chi connectivity index (χ2n) is 6.25. The topological polar surface area (TPSA) is 97.6 Å². The second-order valence-corrected chi connectivity index (χ2v) is 8.01. The van der Waals surface area contributed by atoms with Crippen molar-refractivity contribution in [1.29, 1.82) is 0 Å². The van der Waals surface area contributed by atoms with Gasteiger partial charge in [-0.3, -0.25) is 4.79 Å². The average molecular weight is 378 g/mol. The first kappa shape index (κ1) is 18.6. The van der Waals surface area contributed by atoms with E-state index in [0.29, 0.717) is 6.61 Å². The molecule has 0 radical (unpaired) electrons. The fourth-order valence-corrected chi connectivity index (χ4v) is 3.81. The Morgan fingerprint density at radius 2 is 2.00 bits per heavy atom. The molecule has 26 heavy (non-hydrogen) atoms. The Balaban J connectivity index is 1.55. The Kier molecular flexibility index (Phi) is 5.75. The summed E-state index contributed by atoms with van der Waals surface area (Å²) in [7, 11) is -3.57. The van der Waals surface area contributed by atoms with Gasteiger partial charge in [0.05, 0.1) is 17.3 Å². The molecule has 1 aromatic carbocycles. The minimum absolute atomic E-state index is 0.0516. The highest BCUT2D eigenvalue weighted by Crippen LogP contribution is 2.14. The second kappa shape index (κ2) is 8.03. The molecule has 140 valence electrons. The van der Waals surface area contributed by atoms with E-state index in [4.69, 9.17) is 9.15 Å². The molecule has 1 amide bonds. The summed E-state index contributed by atoms with van der Waals surface area (Å²) in [5.41, 5.74) is 1.56. The molecule has 0 aliphatic carbocycles. The molecule has 1 atom stereocenters. The first-order valence-corrected chi connectivity index (χ1v) is 9.96. The smallest absolute Gasteiger partial charge is 0.287 e. The number of ether oxygens (including phenoxy) is 1. The average Bonchev–Trinajstić information content (AvgIpc) is 3.30. The third-order valence-electron chi connectivity index (χ3n) is 4.28. The van der Waals surface area contributed by atoms with Crippen molar-refractivity contribution >= 4 is 15.9 Å². The third kappa shape index (κ3) is 4.51. The molecule has 1 aliphatic rings. The van der Waals surface area contributed by atoms with Crippen molar-refractivity contribution in [3.8, 4) is 0 Å². The van der Waals surface area contributed by atoms with Gasteiger partial charge in [-0.2, -0.15) is 0 Å². The van der Waals surface area contributed by atoms with Crippen LogP contribution < -0.4 is 10.0 Å². The van der Waals surface area contributed by atoms with Crippen LogP contribution in [-0.4, -0.2) is 33.6 Å². The zero-order valence-electron chi connectivity index (χ0n) is 14.5. The van der Waals surface area contributed by atoms with Gasteiger partial charge >= 0.3 is 0 Å². The highest BCUT2D eigenvalue weighted by Gasteiger charge is 2.20. The number of amides is 1. The van der Waals surface area contributed by atoms with Crippen molar-refractivity contribution in [2.24, 2.45) is 0 Å². The fourth-order valence-electron chi connectivity index (χ4n) is 2.75. The van der Waals surface area contributed by atoms with Crippen LogP contribution in [0, 0.1) is 6.92 Å². The molecule has 1 fully saturated rings. The van der Waals surface area contributed by atoms with Gasteiger partial charge in [-0.1, -0.05) is 12.1 Å². The van der Waals surface area contributed by atoms with Gasteiger partial charge in [-0.15, -0.1) is 0 Å². The number of sulfonamides is 1. The highest BCUT2D eigenvalue weighted by molar-refractivity contribution is 7.89. The van der Waals surface area contributed by atoms with Crippen molar-refractivity contribution in [2.45, 2.75) is 37.3 Å². The molecule has 1 aromatic heterocycles. The number of benzene rings is 1. The van der Waals surface area contributed by atoms with E-state index in [9.17, 15) is 13.2 Å². The van der Waals surface area contributed by atoms with E-state index in [2.05, 4.69) is 10.0 Å². The Morgan fingerprint density at radius 1 is 1.23 bits per heavy atom. The molecule has 1 aliphatic heterocycles. The Bertz CT molecular complexity index is 852. The van der Waals surface area contributed by atoms with Gasteiger partial charge in [0.25, 0.3) is 5.91 Å². The molecule has 2 aromatic rings. The summed E-state index contributed by atoms with van der Waals surface area (Å²) >= 11 is 0. The lowest BCUT2D eigenvalue weighted by molar-refractivity contribution is 0.0922. The van der Waals surface area contributed by atoms with Crippen LogP contribution in [0.3, 0.4) is 0 Å². The predicted octanol–water partition coefficient (Wildman–Crippen LogP) is 1.98. The van der Waals surface area contributed by atoms with Crippen molar-refractivity contribution in [1.82, 2.24) is 10.0 Å². The summed E-state index contributed by atoms with van der Waals surface area (Å²) in [6, 6.07) is 8.12. The zero-order valence-corrected chi connectivity index (χ0v) is 15.3. The normalized spacial score (nSPS) is 17.3. The quantitative estimate of drug-likeness (QED) is 0.768. The minimum Gasteiger partial charge on any atom is -0.459 e. The molecule has 0 bridgehead atoms. The summed E-state index contributed by atoms with van der Waals surface area (Å²) in [5, 5.41) is 2.75. The molecule has 3 rings (SSSR count). The SMILES string of the molecule is Cc1ccoc1C(=O)NCc1ccc(S(=O)(=O)NC[C@H]2CCCO2)cc1. The summed E-state index contributed by atoms with van der Waals surface area (Å²) in [4.78, 5) is 12.2. The Morgan fingerprint density at radius 3 is 2.62 bits per heavy atom. The molecule has 0 saturated carbocycles. The number of carbonyl (C=O) groups is 1. The number of hydrogen-bond donors (Lipinski definition) is 2. The van der Waals surface area contributed by atoms with Crippen LogP contribution in [0.25, 0.3) is 0 Å². The van der Waals surface area contributed by atoms with Crippen LogP contribution >= 0.6 is 0 Å². The molecule has 7 nitrogen and oxygen atoms in total. The monoisotopic (exact) mass is 378 g/mol. The van der Waals surface area contributed by atoms with Crippen LogP contribution in [0.5, 0.6) is 0 Å². The van der Waals surface area contributed by atoms with Gasteiger partial charge in [-0.25, -0.2) is 13.1 Å². The lowest BCUT2D eigenvalue weighted by Gasteiger charge is -2.12. The maximum absolute atomic E-state index is 12.3. The predicted molar refractivity (Wildman–Crippen MR) is 95.2 cm³/mol. The molecule has 2 heterocycles. The molecule has 0 spiro atoms. The van der Waals surface area contributed by atoms with Crippen LogP contribution in [0.15, 0.2) is 45.9 Å². The summed E-state index contributed by atoms with van der Waals surface area (Å²) in [5.74, 6) is -0.0232. The molecule has 0 unspecified atom stereocenters. The van der Waals surface area contributed by atoms with Crippen LogP contribution in [0.4, 0.5) is 0 Å². The van der Waals surface area contributed by atoms with Crippen molar-refractivity contribution in [2.75, 3.05) is 13.2 Å². The van der Waals surface area contributed by atoms with E-state index in [1.54, 1.807) is 25.1 Å². The molecular formula is C18H22N2O5S. The number of furan rings is 1. The van der Waals surface area contributed by atoms with E-state index in [0.717, 1.165) is 24.0 Å². The van der Waals surface area contributed by atoms with Gasteiger partial charge < -0.3 is 14.5 Å². The van der Waals surface area contributed by atoms with E-state index in [1.807, 2.05) is 0 Å². The zero-order chi connectivity index (χ0) is 18.6. The molecule has 2 N–H and O–H groups in total. The van der Waals surface area contributed by atoms with Crippen LogP contribution in [0.1, 0.15) is 34.5 Å². The maximum Gasteiger partial charge on any atom is 0.287 e. The van der Waals surface area contributed by atoms with Crippen LogP contribution in [-0.2, 0) is 21.3 Å². The highest BCUT2D eigenvalue weighted by atomic mass is 32.2. The maximum atomic E-state index is 12.3. The van der Waals surface area contributed by atoms with Gasteiger partial charge in [0, 0.05) is 25.3 Å². The number of aryl methyl sites for hydroxylation is 1. The first-order chi connectivity index (χ1) is 12.5. The largest absolute Gasteiger partial charge is 0.459 e. The van der Waals surface area contributed by atoms with Gasteiger partial charge in [0.1, 0.15) is 0 Å². The Labute approximate surface area is 152 Å². The van der Waals surface area contributed by atoms with E-state index in [-0.39, 0.29) is 35.8 Å². The summed E-state index contributed by atoms with van der Waals surface area (Å²) < 4.78 is 37.8. The summed E-state index contributed by atoms with van der Waals surface area (Å²) in [6.45, 7) is 3.04.